The van der Waals surface area contributed by atoms with E-state index in [9.17, 15) is 4.79 Å². The molecule has 1 amide bonds. The highest BCUT2D eigenvalue weighted by molar-refractivity contribution is 8.00. The van der Waals surface area contributed by atoms with Gasteiger partial charge < -0.3 is 9.47 Å². The molecule has 1 unspecified atom stereocenters. The molecule has 2 aromatic rings. The van der Waals surface area contributed by atoms with Crippen molar-refractivity contribution in [1.29, 1.82) is 0 Å². The molecule has 3 heterocycles. The van der Waals surface area contributed by atoms with Gasteiger partial charge in [-0.3, -0.25) is 9.78 Å². The lowest BCUT2D eigenvalue weighted by molar-refractivity contribution is -0.131. The van der Waals surface area contributed by atoms with Gasteiger partial charge >= 0.3 is 0 Å². The molecule has 26 heavy (non-hydrogen) atoms. The molecule has 3 rings (SSSR count). The van der Waals surface area contributed by atoms with Gasteiger partial charge in [-0.25, -0.2) is 0 Å². The fourth-order valence-electron chi connectivity index (χ4n) is 3.21. The molecule has 2 aromatic heterocycles. The van der Waals surface area contributed by atoms with Crippen LogP contribution < -0.4 is 0 Å². The van der Waals surface area contributed by atoms with Crippen molar-refractivity contribution in [3.63, 3.8) is 0 Å². The van der Waals surface area contributed by atoms with Crippen molar-refractivity contribution >= 4 is 17.7 Å². The van der Waals surface area contributed by atoms with Crippen LogP contribution in [-0.4, -0.2) is 48.9 Å². The second-order valence-electron chi connectivity index (χ2n) is 6.96. The average Bonchev–Trinajstić information content (AvgIpc) is 3.05. The van der Waals surface area contributed by atoms with E-state index >= 15 is 0 Å². The van der Waals surface area contributed by atoms with Crippen molar-refractivity contribution in [1.82, 2.24) is 24.6 Å². The van der Waals surface area contributed by atoms with Crippen LogP contribution in [0, 0.1) is 5.92 Å². The van der Waals surface area contributed by atoms with E-state index in [0.29, 0.717) is 0 Å². The van der Waals surface area contributed by atoms with Crippen LogP contribution >= 0.6 is 11.8 Å². The number of amides is 1. The van der Waals surface area contributed by atoms with Crippen molar-refractivity contribution < 1.29 is 4.79 Å². The SMILES string of the molecule is CCCn1c(SC(C)C(=O)N2CCC(C)CC2)nnc1-c1ccncc1. The Bertz CT molecular complexity index is 725. The number of rotatable bonds is 6. The maximum absolute atomic E-state index is 12.8. The van der Waals surface area contributed by atoms with Crippen molar-refractivity contribution in [2.75, 3.05) is 13.1 Å². The van der Waals surface area contributed by atoms with Gasteiger partial charge in [0, 0.05) is 37.6 Å². The Balaban J connectivity index is 1.74. The van der Waals surface area contributed by atoms with Gasteiger partial charge in [0.2, 0.25) is 5.91 Å². The lowest BCUT2D eigenvalue weighted by Gasteiger charge is -2.32. The van der Waals surface area contributed by atoms with Crippen molar-refractivity contribution in [2.45, 2.75) is 57.0 Å². The Labute approximate surface area is 159 Å². The van der Waals surface area contributed by atoms with Crippen molar-refractivity contribution in [3.8, 4) is 11.4 Å². The third-order valence-corrected chi connectivity index (χ3v) is 5.90. The monoisotopic (exact) mass is 373 g/mol. The second-order valence-corrected chi connectivity index (χ2v) is 8.27. The van der Waals surface area contributed by atoms with E-state index in [-0.39, 0.29) is 11.2 Å². The van der Waals surface area contributed by atoms with Crippen LogP contribution in [0.4, 0.5) is 0 Å². The standard InChI is InChI=1S/C19H27N5OS/c1-4-11-24-17(16-5-9-20-10-6-16)21-22-19(24)26-15(3)18(25)23-12-7-14(2)8-13-23/h5-6,9-10,14-15H,4,7-8,11-13H2,1-3H3. The van der Waals surface area contributed by atoms with Gasteiger partial charge in [-0.05, 0) is 44.2 Å². The maximum Gasteiger partial charge on any atom is 0.235 e. The van der Waals surface area contributed by atoms with Crippen molar-refractivity contribution in [3.05, 3.63) is 24.5 Å². The van der Waals surface area contributed by atoms with E-state index in [4.69, 9.17) is 0 Å². The van der Waals surface area contributed by atoms with Gasteiger partial charge in [0.25, 0.3) is 0 Å². The van der Waals surface area contributed by atoms with E-state index < -0.39 is 0 Å². The predicted octanol–water partition coefficient (Wildman–Crippen LogP) is 3.49. The highest BCUT2D eigenvalue weighted by Gasteiger charge is 2.27. The lowest BCUT2D eigenvalue weighted by Crippen LogP contribution is -2.41. The van der Waals surface area contributed by atoms with Gasteiger partial charge in [0.15, 0.2) is 11.0 Å². The first-order valence-electron chi connectivity index (χ1n) is 9.39. The summed E-state index contributed by atoms with van der Waals surface area (Å²) in [5, 5.41) is 9.41. The van der Waals surface area contributed by atoms with Gasteiger partial charge in [-0.15, -0.1) is 10.2 Å². The zero-order chi connectivity index (χ0) is 18.5. The minimum atomic E-state index is -0.159. The summed E-state index contributed by atoms with van der Waals surface area (Å²) in [6.45, 7) is 8.93. The molecule has 0 saturated carbocycles. The summed E-state index contributed by atoms with van der Waals surface area (Å²) >= 11 is 1.51. The number of hydrogen-bond acceptors (Lipinski definition) is 5. The molecule has 0 spiro atoms. The number of hydrogen-bond donors (Lipinski definition) is 0. The third kappa shape index (κ3) is 4.26. The molecular formula is C19H27N5OS. The summed E-state index contributed by atoms with van der Waals surface area (Å²) in [6.07, 6.45) is 6.70. The molecule has 0 radical (unpaired) electrons. The van der Waals surface area contributed by atoms with Gasteiger partial charge in [-0.1, -0.05) is 25.6 Å². The van der Waals surface area contributed by atoms with E-state index in [1.807, 2.05) is 24.0 Å². The number of thioether (sulfide) groups is 1. The Hall–Kier alpha value is -1.89. The number of likely N-dealkylation sites (tertiary alicyclic amines) is 1. The van der Waals surface area contributed by atoms with Crippen LogP contribution in [0.15, 0.2) is 29.7 Å². The predicted molar refractivity (Wildman–Crippen MR) is 104 cm³/mol. The van der Waals surface area contributed by atoms with Crippen LogP contribution in [0.25, 0.3) is 11.4 Å². The minimum absolute atomic E-state index is 0.159. The van der Waals surface area contributed by atoms with Crippen LogP contribution in [0.5, 0.6) is 0 Å². The highest BCUT2D eigenvalue weighted by atomic mass is 32.2. The summed E-state index contributed by atoms with van der Waals surface area (Å²) in [7, 11) is 0. The third-order valence-electron chi connectivity index (χ3n) is 4.83. The highest BCUT2D eigenvalue weighted by Crippen LogP contribution is 2.28. The number of carbonyl (C=O) groups is 1. The molecule has 0 N–H and O–H groups in total. The van der Waals surface area contributed by atoms with Crippen LogP contribution in [0.3, 0.4) is 0 Å². The fourth-order valence-corrected chi connectivity index (χ4v) is 4.17. The largest absolute Gasteiger partial charge is 0.342 e. The number of aromatic nitrogens is 4. The quantitative estimate of drug-likeness (QED) is 0.725. The molecule has 0 aliphatic carbocycles. The molecule has 1 fully saturated rings. The summed E-state index contributed by atoms with van der Waals surface area (Å²) in [6, 6.07) is 3.88. The lowest BCUT2D eigenvalue weighted by atomic mass is 9.99. The van der Waals surface area contributed by atoms with E-state index in [0.717, 1.165) is 61.4 Å². The first-order valence-corrected chi connectivity index (χ1v) is 10.3. The summed E-state index contributed by atoms with van der Waals surface area (Å²) in [5.74, 6) is 1.76. The molecule has 6 nitrogen and oxygen atoms in total. The number of piperidine rings is 1. The molecule has 7 heteroatoms. The molecular weight excluding hydrogens is 346 g/mol. The summed E-state index contributed by atoms with van der Waals surface area (Å²) in [4.78, 5) is 18.9. The molecule has 1 atom stereocenters. The van der Waals surface area contributed by atoms with E-state index in [1.54, 1.807) is 12.4 Å². The molecule has 1 aliphatic heterocycles. The molecule has 140 valence electrons. The molecule has 1 aliphatic rings. The summed E-state index contributed by atoms with van der Waals surface area (Å²) in [5.41, 5.74) is 0.997. The number of nitrogens with zero attached hydrogens (tertiary/aromatic N) is 5. The zero-order valence-corrected chi connectivity index (χ0v) is 16.6. The minimum Gasteiger partial charge on any atom is -0.342 e. The number of pyridine rings is 1. The van der Waals surface area contributed by atoms with E-state index in [1.165, 1.54) is 11.8 Å². The maximum atomic E-state index is 12.8. The Morgan fingerprint density at radius 3 is 2.62 bits per heavy atom. The molecule has 1 saturated heterocycles. The average molecular weight is 374 g/mol. The second kappa shape index (κ2) is 8.66. The van der Waals surface area contributed by atoms with Gasteiger partial charge in [0.1, 0.15) is 0 Å². The Kier molecular flexibility index (Phi) is 6.29. The topological polar surface area (TPSA) is 63.9 Å². The molecule has 0 bridgehead atoms. The Morgan fingerprint density at radius 1 is 1.27 bits per heavy atom. The first kappa shape index (κ1) is 18.9. The summed E-state index contributed by atoms with van der Waals surface area (Å²) < 4.78 is 2.11. The van der Waals surface area contributed by atoms with Gasteiger partial charge in [0.05, 0.1) is 5.25 Å². The zero-order valence-electron chi connectivity index (χ0n) is 15.8. The number of carbonyl (C=O) groups excluding carboxylic acids is 1. The smallest absolute Gasteiger partial charge is 0.235 e. The first-order chi connectivity index (χ1) is 12.6. The normalized spacial score (nSPS) is 16.7. The van der Waals surface area contributed by atoms with Crippen LogP contribution in [-0.2, 0) is 11.3 Å². The fraction of sp³-hybridized carbons (Fsp3) is 0.579. The Morgan fingerprint density at radius 2 is 1.96 bits per heavy atom. The van der Waals surface area contributed by atoms with Crippen LogP contribution in [0.2, 0.25) is 0 Å². The molecule has 0 aromatic carbocycles. The van der Waals surface area contributed by atoms with Gasteiger partial charge in [-0.2, -0.15) is 0 Å². The van der Waals surface area contributed by atoms with Crippen LogP contribution in [0.1, 0.15) is 40.0 Å². The van der Waals surface area contributed by atoms with Crippen molar-refractivity contribution in [2.24, 2.45) is 5.92 Å². The van der Waals surface area contributed by atoms with E-state index in [2.05, 4.69) is 33.6 Å².